The predicted molar refractivity (Wildman–Crippen MR) is 158 cm³/mol. The number of aromatic nitrogens is 2. The Kier molecular flexibility index (Phi) is 13.3. The monoisotopic (exact) mass is 602 g/mol. The Hall–Kier alpha value is -3.42. The zero-order chi connectivity index (χ0) is 30.5. The third-order valence-electron chi connectivity index (χ3n) is 6.84. The molecule has 0 saturated carbocycles. The molecule has 1 aliphatic rings. The fourth-order valence-electron chi connectivity index (χ4n) is 4.88. The van der Waals surface area contributed by atoms with Crippen LogP contribution in [0.5, 0.6) is 0 Å². The van der Waals surface area contributed by atoms with Crippen molar-refractivity contribution >= 4 is 40.6 Å². The van der Waals surface area contributed by atoms with Gasteiger partial charge in [-0.1, -0.05) is 33.8 Å². The van der Waals surface area contributed by atoms with Crippen molar-refractivity contribution < 1.29 is 28.8 Å². The number of hydrogen-bond donors (Lipinski definition) is 3. The lowest BCUT2D eigenvalue weighted by atomic mass is 9.83. The minimum absolute atomic E-state index is 0.108. The van der Waals surface area contributed by atoms with Crippen molar-refractivity contribution in [3.8, 4) is 0 Å². The average molecular weight is 603 g/mol. The number of rotatable bonds is 16. The van der Waals surface area contributed by atoms with Crippen molar-refractivity contribution in [2.24, 2.45) is 17.8 Å². The minimum atomic E-state index is -0.986. The molecule has 1 fully saturated rings. The van der Waals surface area contributed by atoms with Crippen LogP contribution in [0.15, 0.2) is 36.0 Å². The van der Waals surface area contributed by atoms with E-state index in [2.05, 4.69) is 25.9 Å². The summed E-state index contributed by atoms with van der Waals surface area (Å²) in [5.41, 5.74) is 0.248. The SMILES string of the molecule is CC(C)C[C@@H](C(=O)N[C@@H](CCNC(=O)c1ccccn1)C(=O)Nc1nccs1)[C@H](C(C)C)N(C=O)OC1CCCCO1. The van der Waals surface area contributed by atoms with Crippen molar-refractivity contribution in [1.82, 2.24) is 25.7 Å². The molecule has 3 rings (SSSR count). The number of nitrogens with zero attached hydrogens (tertiary/aromatic N) is 3. The summed E-state index contributed by atoms with van der Waals surface area (Å²) in [4.78, 5) is 66.1. The highest BCUT2D eigenvalue weighted by molar-refractivity contribution is 7.13. The van der Waals surface area contributed by atoms with Gasteiger partial charge in [0.2, 0.25) is 18.2 Å². The van der Waals surface area contributed by atoms with E-state index in [-0.39, 0.29) is 36.4 Å². The number of amides is 4. The van der Waals surface area contributed by atoms with E-state index in [4.69, 9.17) is 9.57 Å². The van der Waals surface area contributed by atoms with Crippen LogP contribution in [0.3, 0.4) is 0 Å². The van der Waals surface area contributed by atoms with Gasteiger partial charge >= 0.3 is 0 Å². The molecule has 0 spiro atoms. The van der Waals surface area contributed by atoms with Crippen LogP contribution in [-0.2, 0) is 24.0 Å². The molecule has 0 aliphatic carbocycles. The topological polar surface area (TPSA) is 152 Å². The first-order valence-electron chi connectivity index (χ1n) is 14.4. The lowest BCUT2D eigenvalue weighted by Gasteiger charge is -2.39. The van der Waals surface area contributed by atoms with E-state index in [1.165, 1.54) is 22.6 Å². The van der Waals surface area contributed by atoms with E-state index in [0.29, 0.717) is 31.0 Å². The van der Waals surface area contributed by atoms with Crippen molar-refractivity contribution in [3.63, 3.8) is 0 Å². The maximum atomic E-state index is 13.9. The van der Waals surface area contributed by atoms with Gasteiger partial charge in [0.15, 0.2) is 11.4 Å². The van der Waals surface area contributed by atoms with Crippen molar-refractivity contribution in [1.29, 1.82) is 0 Å². The summed E-state index contributed by atoms with van der Waals surface area (Å²) in [6.45, 7) is 8.49. The molecule has 4 atom stereocenters. The second kappa shape index (κ2) is 16.9. The van der Waals surface area contributed by atoms with E-state index in [0.717, 1.165) is 12.8 Å². The van der Waals surface area contributed by atoms with Gasteiger partial charge in [-0.05, 0) is 49.7 Å². The standard InChI is InChI=1S/C29H42N6O6S/c1-19(2)17-21(25(20(3)4)35(18-36)41-24-10-6-8-15-40-24)26(37)33-23(28(39)34-29-32-14-16-42-29)11-13-31-27(38)22-9-5-7-12-30-22/h5,7,9,12,14,16,18-21,23-25H,6,8,10-11,13,15,17H2,1-4H3,(H,31,38)(H,33,37)(H,32,34,39)/t21-,23+,24?,25+/m1/s1. The molecular formula is C29H42N6O6S. The third-order valence-corrected chi connectivity index (χ3v) is 7.53. The van der Waals surface area contributed by atoms with E-state index in [9.17, 15) is 19.2 Å². The Bertz CT molecular complexity index is 1130. The Morgan fingerprint density at radius 2 is 1.95 bits per heavy atom. The number of carbonyl (C=O) groups excluding carboxylic acids is 4. The second-order valence-electron chi connectivity index (χ2n) is 11.0. The summed E-state index contributed by atoms with van der Waals surface area (Å²) >= 11 is 1.25. The van der Waals surface area contributed by atoms with Crippen LogP contribution in [0.1, 0.15) is 70.3 Å². The summed E-state index contributed by atoms with van der Waals surface area (Å²) in [5.74, 6) is -1.96. The molecule has 2 aromatic heterocycles. The smallest absolute Gasteiger partial charge is 0.269 e. The molecule has 1 saturated heterocycles. The fraction of sp³-hybridized carbons (Fsp3) is 0.586. The summed E-state index contributed by atoms with van der Waals surface area (Å²) in [7, 11) is 0. The molecule has 1 unspecified atom stereocenters. The highest BCUT2D eigenvalue weighted by Crippen LogP contribution is 2.28. The normalized spacial score (nSPS) is 17.2. The van der Waals surface area contributed by atoms with Crippen LogP contribution >= 0.6 is 11.3 Å². The fourth-order valence-corrected chi connectivity index (χ4v) is 5.42. The van der Waals surface area contributed by atoms with Gasteiger partial charge in [0, 0.05) is 37.3 Å². The van der Waals surface area contributed by atoms with Gasteiger partial charge in [0.25, 0.3) is 5.91 Å². The lowest BCUT2D eigenvalue weighted by molar-refractivity contribution is -0.293. The van der Waals surface area contributed by atoms with Crippen molar-refractivity contribution in [2.45, 2.75) is 78.2 Å². The molecule has 12 nitrogen and oxygen atoms in total. The number of pyridine rings is 1. The van der Waals surface area contributed by atoms with Crippen LogP contribution in [-0.4, -0.2) is 70.7 Å². The van der Waals surface area contributed by atoms with E-state index >= 15 is 0 Å². The molecule has 4 amide bonds. The average Bonchev–Trinajstić information content (AvgIpc) is 3.49. The zero-order valence-corrected chi connectivity index (χ0v) is 25.5. The lowest BCUT2D eigenvalue weighted by Crippen LogP contribution is -2.54. The molecule has 3 N–H and O–H groups in total. The maximum absolute atomic E-state index is 13.9. The Morgan fingerprint density at radius 1 is 1.14 bits per heavy atom. The van der Waals surface area contributed by atoms with Gasteiger partial charge < -0.3 is 20.7 Å². The summed E-state index contributed by atoms with van der Waals surface area (Å²) in [6.07, 6.45) is 6.20. The molecule has 230 valence electrons. The number of hydroxylamine groups is 2. The van der Waals surface area contributed by atoms with Crippen LogP contribution in [0.2, 0.25) is 0 Å². The van der Waals surface area contributed by atoms with Crippen LogP contribution in [0.25, 0.3) is 0 Å². The Morgan fingerprint density at radius 3 is 2.55 bits per heavy atom. The van der Waals surface area contributed by atoms with Crippen LogP contribution in [0.4, 0.5) is 5.13 Å². The van der Waals surface area contributed by atoms with Gasteiger partial charge in [-0.2, -0.15) is 0 Å². The summed E-state index contributed by atoms with van der Waals surface area (Å²) in [5, 5.41) is 11.7. The first-order valence-corrected chi connectivity index (χ1v) is 15.3. The van der Waals surface area contributed by atoms with Gasteiger partial charge in [-0.3, -0.25) is 24.2 Å². The molecule has 3 heterocycles. The number of thiazole rings is 1. The molecule has 1 aliphatic heterocycles. The predicted octanol–water partition coefficient (Wildman–Crippen LogP) is 3.39. The second-order valence-corrected chi connectivity index (χ2v) is 11.9. The molecule has 0 aromatic carbocycles. The van der Waals surface area contributed by atoms with Gasteiger partial charge in [0.1, 0.15) is 11.7 Å². The van der Waals surface area contributed by atoms with E-state index in [1.807, 2.05) is 27.7 Å². The number of anilines is 1. The Balaban J connectivity index is 1.78. The maximum Gasteiger partial charge on any atom is 0.269 e. The quantitative estimate of drug-likeness (QED) is 0.195. The van der Waals surface area contributed by atoms with Crippen LogP contribution < -0.4 is 16.0 Å². The van der Waals surface area contributed by atoms with Crippen molar-refractivity contribution in [3.05, 3.63) is 41.7 Å². The molecule has 13 heteroatoms. The largest absolute Gasteiger partial charge is 0.351 e. The third kappa shape index (κ3) is 10.1. The molecule has 0 bridgehead atoms. The van der Waals surface area contributed by atoms with E-state index < -0.39 is 36.1 Å². The summed E-state index contributed by atoms with van der Waals surface area (Å²) < 4.78 is 5.68. The molecular weight excluding hydrogens is 560 g/mol. The van der Waals surface area contributed by atoms with Gasteiger partial charge in [-0.25, -0.2) is 14.9 Å². The summed E-state index contributed by atoms with van der Waals surface area (Å²) in [6, 6.07) is 3.41. The van der Waals surface area contributed by atoms with Crippen LogP contribution in [0, 0.1) is 17.8 Å². The highest BCUT2D eigenvalue weighted by Gasteiger charge is 2.38. The number of ether oxygens (including phenoxy) is 1. The molecule has 42 heavy (non-hydrogen) atoms. The van der Waals surface area contributed by atoms with Gasteiger partial charge in [0.05, 0.1) is 12.0 Å². The first-order chi connectivity index (χ1) is 20.2. The molecule has 2 aromatic rings. The number of nitrogens with one attached hydrogen (secondary N) is 3. The van der Waals surface area contributed by atoms with E-state index in [1.54, 1.807) is 29.8 Å². The van der Waals surface area contributed by atoms with Gasteiger partial charge in [-0.15, -0.1) is 11.3 Å². The Labute approximate surface area is 250 Å². The molecule has 0 radical (unpaired) electrons. The first kappa shape index (κ1) is 33.1. The van der Waals surface area contributed by atoms with Crippen molar-refractivity contribution in [2.75, 3.05) is 18.5 Å². The zero-order valence-electron chi connectivity index (χ0n) is 24.7. The minimum Gasteiger partial charge on any atom is -0.351 e. The number of hydrogen-bond acceptors (Lipinski definition) is 9. The number of carbonyl (C=O) groups is 4. The highest BCUT2D eigenvalue weighted by atomic mass is 32.1.